The van der Waals surface area contributed by atoms with Crippen LogP contribution in [0.1, 0.15) is 26.2 Å². The zero-order valence-corrected chi connectivity index (χ0v) is 11.0. The van der Waals surface area contributed by atoms with Gasteiger partial charge in [-0.2, -0.15) is 0 Å². The molecule has 0 saturated heterocycles. The van der Waals surface area contributed by atoms with Crippen molar-refractivity contribution in [1.82, 2.24) is 4.57 Å². The third kappa shape index (κ3) is 4.51. The van der Waals surface area contributed by atoms with Crippen LogP contribution in [0.2, 0.25) is 19.6 Å². The van der Waals surface area contributed by atoms with E-state index in [1.54, 1.807) is 11.6 Å². The van der Waals surface area contributed by atoms with Crippen LogP contribution < -0.4 is 0 Å². The summed E-state index contributed by atoms with van der Waals surface area (Å²) >= 11 is 0. The first-order chi connectivity index (χ1) is 6.30. The van der Waals surface area contributed by atoms with Crippen LogP contribution in [0.3, 0.4) is 0 Å². The second-order valence-electron chi connectivity index (χ2n) is 4.81. The number of rotatable bonds is 6. The Kier molecular flexibility index (Phi) is 5.82. The largest absolute Gasteiger partial charge is 0.296 e. The first-order valence-electron chi connectivity index (χ1n) is 5.31. The van der Waals surface area contributed by atoms with Crippen LogP contribution in [0.5, 0.6) is 0 Å². The summed E-state index contributed by atoms with van der Waals surface area (Å²) in [6.07, 6.45) is -0.725. The average molecular weight is 223 g/mol. The van der Waals surface area contributed by atoms with Gasteiger partial charge < -0.3 is 0 Å². The molecule has 0 radical (unpaired) electrons. The fourth-order valence-corrected chi connectivity index (χ4v) is 2.05. The van der Waals surface area contributed by atoms with Crippen LogP contribution in [0.25, 0.3) is 0 Å². The van der Waals surface area contributed by atoms with Gasteiger partial charge in [0.1, 0.15) is 14.4 Å². The van der Waals surface area contributed by atoms with Crippen molar-refractivity contribution in [3.8, 4) is 0 Å². The Hall–Kier alpha value is 0.0369. The molecule has 0 N–H and O–H groups in total. The second kappa shape index (κ2) is 5.81. The van der Waals surface area contributed by atoms with Crippen molar-refractivity contribution in [2.24, 2.45) is 0 Å². The van der Waals surface area contributed by atoms with Gasteiger partial charge in [-0.25, -0.2) is 8.78 Å². The van der Waals surface area contributed by atoms with Crippen LogP contribution in [0.4, 0.5) is 8.78 Å². The molecule has 14 heavy (non-hydrogen) atoms. The summed E-state index contributed by atoms with van der Waals surface area (Å²) in [7, 11) is -0.0175. The van der Waals surface area contributed by atoms with Crippen LogP contribution in [0, 0.1) is 0 Å². The smallest absolute Gasteiger partial charge is 0.179 e. The Morgan fingerprint density at radius 1 is 1.21 bits per heavy atom. The molecule has 4 heteroatoms. The van der Waals surface area contributed by atoms with E-state index in [1.807, 2.05) is 26.6 Å². The zero-order chi connectivity index (χ0) is 11.4. The molecular weight excluding hydrogens is 200 g/mol. The zero-order valence-electron chi connectivity index (χ0n) is 9.98. The molecule has 2 unspecified atom stereocenters. The lowest BCUT2D eigenvalue weighted by Crippen LogP contribution is -2.50. The molecular formula is C10H23F2NSi. The van der Waals surface area contributed by atoms with Gasteiger partial charge in [0.15, 0.2) is 6.30 Å². The number of hydrogen-bond donors (Lipinski definition) is 0. The van der Waals surface area contributed by atoms with Crippen molar-refractivity contribution in [2.45, 2.75) is 58.3 Å². The van der Waals surface area contributed by atoms with Crippen LogP contribution in [-0.2, 0) is 0 Å². The minimum atomic E-state index is -1.71. The van der Waals surface area contributed by atoms with Gasteiger partial charge in [-0.1, -0.05) is 39.4 Å². The summed E-state index contributed by atoms with van der Waals surface area (Å²) in [6, 6.07) is 0. The first-order valence-corrected chi connectivity index (χ1v) is 8.76. The highest BCUT2D eigenvalue weighted by atomic mass is 28.3. The SMILES string of the molecule is CCCCC(F)C(F)N(C)[Si](C)(C)C. The molecule has 0 aromatic rings. The molecule has 0 aliphatic rings. The van der Waals surface area contributed by atoms with Gasteiger partial charge in [-0.05, 0) is 13.5 Å². The summed E-state index contributed by atoms with van der Waals surface area (Å²) < 4.78 is 28.6. The lowest BCUT2D eigenvalue weighted by Gasteiger charge is -2.34. The van der Waals surface area contributed by atoms with Gasteiger partial charge >= 0.3 is 0 Å². The Morgan fingerprint density at radius 2 is 1.71 bits per heavy atom. The summed E-state index contributed by atoms with van der Waals surface area (Å²) in [5.74, 6) is 0. The molecule has 0 rings (SSSR count). The van der Waals surface area contributed by atoms with E-state index in [2.05, 4.69) is 0 Å². The van der Waals surface area contributed by atoms with Crippen molar-refractivity contribution < 1.29 is 8.78 Å². The van der Waals surface area contributed by atoms with E-state index < -0.39 is 20.7 Å². The normalized spacial score (nSPS) is 17.1. The molecule has 0 aromatic heterocycles. The third-order valence-electron chi connectivity index (χ3n) is 2.56. The van der Waals surface area contributed by atoms with E-state index >= 15 is 0 Å². The van der Waals surface area contributed by atoms with Gasteiger partial charge in [-0.15, -0.1) is 0 Å². The average Bonchev–Trinajstić information content (AvgIpc) is 2.10. The molecule has 1 nitrogen and oxygen atoms in total. The highest BCUT2D eigenvalue weighted by Crippen LogP contribution is 2.19. The van der Waals surface area contributed by atoms with Crippen molar-refractivity contribution in [2.75, 3.05) is 7.05 Å². The summed E-state index contributed by atoms with van der Waals surface area (Å²) in [4.78, 5) is 0. The lowest BCUT2D eigenvalue weighted by atomic mass is 10.2. The molecule has 2 atom stereocenters. The summed E-state index contributed by atoms with van der Waals surface area (Å²) in [5, 5.41) is 0. The highest BCUT2D eigenvalue weighted by Gasteiger charge is 2.32. The second-order valence-corrected chi connectivity index (χ2v) is 9.86. The third-order valence-corrected chi connectivity index (χ3v) is 4.92. The van der Waals surface area contributed by atoms with Gasteiger partial charge in [0.05, 0.1) is 0 Å². The van der Waals surface area contributed by atoms with Gasteiger partial charge in [0.2, 0.25) is 0 Å². The topological polar surface area (TPSA) is 3.24 Å². The Bertz CT molecular complexity index is 159. The molecule has 0 bridgehead atoms. The van der Waals surface area contributed by atoms with E-state index in [-0.39, 0.29) is 0 Å². The van der Waals surface area contributed by atoms with Gasteiger partial charge in [0, 0.05) is 0 Å². The van der Waals surface area contributed by atoms with E-state index in [0.29, 0.717) is 6.42 Å². The van der Waals surface area contributed by atoms with E-state index in [9.17, 15) is 8.78 Å². The fraction of sp³-hybridized carbons (Fsp3) is 1.00. The molecule has 86 valence electrons. The van der Waals surface area contributed by atoms with E-state index in [4.69, 9.17) is 0 Å². The molecule has 0 saturated carbocycles. The summed E-state index contributed by atoms with van der Waals surface area (Å²) in [6.45, 7) is 8.05. The minimum Gasteiger partial charge on any atom is -0.296 e. The van der Waals surface area contributed by atoms with Crippen molar-refractivity contribution in [3.05, 3.63) is 0 Å². The van der Waals surface area contributed by atoms with E-state index in [1.165, 1.54) is 0 Å². The summed E-state index contributed by atoms with van der Waals surface area (Å²) in [5.41, 5.74) is 0. The number of unbranched alkanes of at least 4 members (excludes halogenated alkanes) is 1. The first kappa shape index (κ1) is 14.0. The maximum atomic E-state index is 13.6. The van der Waals surface area contributed by atoms with Crippen LogP contribution in [-0.4, -0.2) is 32.3 Å². The quantitative estimate of drug-likeness (QED) is 0.491. The molecule has 0 aliphatic carbocycles. The Labute approximate surface area is 87.6 Å². The molecule has 0 heterocycles. The standard InChI is InChI=1S/C10H23F2NSi/c1-6-7-8-9(11)10(12)13(2)14(3,4)5/h9-10H,6-8H2,1-5H3. The van der Waals surface area contributed by atoms with Crippen LogP contribution in [0.15, 0.2) is 0 Å². The molecule has 0 amide bonds. The van der Waals surface area contributed by atoms with Crippen molar-refractivity contribution >= 4 is 8.24 Å². The number of nitrogens with zero attached hydrogens (tertiary/aromatic N) is 1. The number of halogens is 2. The molecule has 0 aliphatic heterocycles. The monoisotopic (exact) mass is 223 g/mol. The van der Waals surface area contributed by atoms with Crippen LogP contribution >= 0.6 is 0 Å². The van der Waals surface area contributed by atoms with Crippen molar-refractivity contribution in [3.63, 3.8) is 0 Å². The van der Waals surface area contributed by atoms with Gasteiger partial charge in [0.25, 0.3) is 0 Å². The molecule has 0 fully saturated rings. The maximum Gasteiger partial charge on any atom is 0.179 e. The number of hydrogen-bond acceptors (Lipinski definition) is 1. The Morgan fingerprint density at radius 3 is 2.07 bits per heavy atom. The van der Waals surface area contributed by atoms with Crippen molar-refractivity contribution in [1.29, 1.82) is 0 Å². The minimum absolute atomic E-state index is 0.340. The predicted molar refractivity (Wildman–Crippen MR) is 60.4 cm³/mol. The Balaban J connectivity index is 4.10. The maximum absolute atomic E-state index is 13.6. The highest BCUT2D eigenvalue weighted by molar-refractivity contribution is 6.73. The number of alkyl halides is 2. The lowest BCUT2D eigenvalue weighted by molar-refractivity contribution is 0.0703. The molecule has 0 aromatic carbocycles. The van der Waals surface area contributed by atoms with E-state index in [0.717, 1.165) is 12.8 Å². The fourth-order valence-electron chi connectivity index (χ4n) is 1.15. The molecule has 0 spiro atoms. The van der Waals surface area contributed by atoms with Gasteiger partial charge in [-0.3, -0.25) is 4.57 Å². The predicted octanol–water partition coefficient (Wildman–Crippen LogP) is 3.58.